The van der Waals surface area contributed by atoms with E-state index in [1.807, 2.05) is 27.7 Å². The molecule has 0 spiro atoms. The predicted molar refractivity (Wildman–Crippen MR) is 68.6 cm³/mol. The Morgan fingerprint density at radius 1 is 0.571 bits per heavy atom. The Labute approximate surface area is 92.5 Å². The first kappa shape index (κ1) is 16.4. The van der Waals surface area contributed by atoms with Gasteiger partial charge >= 0.3 is 0 Å². The second-order valence-corrected chi connectivity index (χ2v) is 4.25. The summed E-state index contributed by atoms with van der Waals surface area (Å²) >= 11 is 0. The first-order valence-corrected chi connectivity index (χ1v) is 6.63. The van der Waals surface area contributed by atoms with Crippen LogP contribution in [-0.2, 0) is 0 Å². The zero-order valence-electron chi connectivity index (χ0n) is 11.7. The molecule has 0 heteroatoms. The molecule has 0 amide bonds. The molecule has 1 aliphatic rings. The van der Waals surface area contributed by atoms with Gasteiger partial charge in [-0.15, -0.1) is 0 Å². The van der Waals surface area contributed by atoms with Gasteiger partial charge in [-0.3, -0.25) is 0 Å². The fraction of sp³-hybridized carbons (Fsp3) is 1.00. The van der Waals surface area contributed by atoms with Gasteiger partial charge in [-0.05, 0) is 23.7 Å². The van der Waals surface area contributed by atoms with Gasteiger partial charge < -0.3 is 0 Å². The Morgan fingerprint density at radius 2 is 0.786 bits per heavy atom. The largest absolute Gasteiger partial charge is 0.0683 e. The molecule has 0 aromatic carbocycles. The van der Waals surface area contributed by atoms with E-state index in [-0.39, 0.29) is 0 Å². The van der Waals surface area contributed by atoms with Crippen LogP contribution in [0.2, 0.25) is 0 Å². The van der Waals surface area contributed by atoms with Gasteiger partial charge in [-0.25, -0.2) is 0 Å². The molecule has 1 aliphatic carbocycles. The Morgan fingerprint density at radius 3 is 1.00 bits per heavy atom. The molecule has 0 bridgehead atoms. The molecule has 0 radical (unpaired) electrons. The molecule has 14 heavy (non-hydrogen) atoms. The molecular weight excluding hydrogens is 168 g/mol. The highest BCUT2D eigenvalue weighted by molar-refractivity contribution is 4.78. The molecule has 4 atom stereocenters. The summed E-state index contributed by atoms with van der Waals surface area (Å²) in [7, 11) is 0. The normalized spacial score (nSPS) is 36.0. The molecule has 1 saturated carbocycles. The van der Waals surface area contributed by atoms with Crippen LogP contribution in [0, 0.1) is 23.7 Å². The number of hydrogen-bond acceptors (Lipinski definition) is 0. The minimum atomic E-state index is 0.948. The standard InChI is InChI=1S/C10H20.2C2H6/c1-7-5-6-8(2)10(4)9(7)3;2*1-2/h7-10H,5-6H2,1-4H3;2*1-2H3. The fourth-order valence-corrected chi connectivity index (χ4v) is 2.09. The summed E-state index contributed by atoms with van der Waals surface area (Å²) in [4.78, 5) is 0. The molecule has 88 valence electrons. The van der Waals surface area contributed by atoms with Crippen LogP contribution >= 0.6 is 0 Å². The average Bonchev–Trinajstić information content (AvgIpc) is 2.26. The smallest absolute Gasteiger partial charge is 0.0389 e. The van der Waals surface area contributed by atoms with Crippen molar-refractivity contribution in [1.82, 2.24) is 0 Å². The zero-order chi connectivity index (χ0) is 11.7. The molecule has 0 nitrogen and oxygen atoms in total. The van der Waals surface area contributed by atoms with E-state index in [0.29, 0.717) is 0 Å². The summed E-state index contributed by atoms with van der Waals surface area (Å²) < 4.78 is 0. The quantitative estimate of drug-likeness (QED) is 0.492. The van der Waals surface area contributed by atoms with Crippen LogP contribution in [0.4, 0.5) is 0 Å². The summed E-state index contributed by atoms with van der Waals surface area (Å²) in [5.41, 5.74) is 0. The van der Waals surface area contributed by atoms with E-state index in [0.717, 1.165) is 23.7 Å². The van der Waals surface area contributed by atoms with E-state index < -0.39 is 0 Å². The Bertz CT molecular complexity index is 92.6. The van der Waals surface area contributed by atoms with Crippen molar-refractivity contribution in [3.8, 4) is 0 Å². The Balaban J connectivity index is 0. The maximum atomic E-state index is 2.41. The zero-order valence-corrected chi connectivity index (χ0v) is 11.7. The summed E-state index contributed by atoms with van der Waals surface area (Å²) in [5, 5.41) is 0. The SMILES string of the molecule is CC.CC.CC1CCC(C)C(C)C1C. The summed E-state index contributed by atoms with van der Waals surface area (Å²) in [6.07, 6.45) is 2.90. The van der Waals surface area contributed by atoms with Crippen LogP contribution in [0.3, 0.4) is 0 Å². The van der Waals surface area contributed by atoms with Crippen LogP contribution in [0.25, 0.3) is 0 Å². The van der Waals surface area contributed by atoms with E-state index >= 15 is 0 Å². The molecular formula is C14H32. The van der Waals surface area contributed by atoms with Crippen molar-refractivity contribution < 1.29 is 0 Å². The summed E-state index contributed by atoms with van der Waals surface area (Å²) in [6, 6.07) is 0. The van der Waals surface area contributed by atoms with Gasteiger partial charge in [0, 0.05) is 0 Å². The topological polar surface area (TPSA) is 0 Å². The van der Waals surface area contributed by atoms with Crippen molar-refractivity contribution in [1.29, 1.82) is 0 Å². The highest BCUT2D eigenvalue weighted by Gasteiger charge is 2.28. The van der Waals surface area contributed by atoms with Crippen LogP contribution in [0.15, 0.2) is 0 Å². The van der Waals surface area contributed by atoms with Crippen molar-refractivity contribution in [2.75, 3.05) is 0 Å². The Hall–Kier alpha value is 0. The molecule has 0 aromatic heterocycles. The molecule has 1 rings (SSSR count). The molecule has 0 N–H and O–H groups in total. The van der Waals surface area contributed by atoms with Gasteiger partial charge in [0.25, 0.3) is 0 Å². The van der Waals surface area contributed by atoms with Gasteiger partial charge in [0.1, 0.15) is 0 Å². The van der Waals surface area contributed by atoms with E-state index in [2.05, 4.69) is 27.7 Å². The van der Waals surface area contributed by atoms with Crippen LogP contribution in [0.1, 0.15) is 68.2 Å². The van der Waals surface area contributed by atoms with Crippen LogP contribution in [-0.4, -0.2) is 0 Å². The van der Waals surface area contributed by atoms with Gasteiger partial charge in [-0.2, -0.15) is 0 Å². The molecule has 0 aromatic rings. The average molecular weight is 200 g/mol. The first-order valence-electron chi connectivity index (χ1n) is 6.63. The minimum Gasteiger partial charge on any atom is -0.0683 e. The van der Waals surface area contributed by atoms with E-state index in [9.17, 15) is 0 Å². The summed E-state index contributed by atoms with van der Waals surface area (Å²) in [6.45, 7) is 17.6. The highest BCUT2D eigenvalue weighted by Crippen LogP contribution is 2.37. The van der Waals surface area contributed by atoms with Gasteiger partial charge in [0.2, 0.25) is 0 Å². The summed E-state index contributed by atoms with van der Waals surface area (Å²) in [5.74, 6) is 3.82. The third-order valence-corrected chi connectivity index (χ3v) is 3.70. The third-order valence-electron chi connectivity index (χ3n) is 3.70. The van der Waals surface area contributed by atoms with Crippen molar-refractivity contribution >= 4 is 0 Å². The van der Waals surface area contributed by atoms with Gasteiger partial charge in [-0.1, -0.05) is 68.2 Å². The number of rotatable bonds is 0. The molecule has 0 saturated heterocycles. The lowest BCUT2D eigenvalue weighted by Crippen LogP contribution is -2.27. The van der Waals surface area contributed by atoms with E-state index in [4.69, 9.17) is 0 Å². The van der Waals surface area contributed by atoms with Crippen molar-refractivity contribution in [3.63, 3.8) is 0 Å². The fourth-order valence-electron chi connectivity index (χ4n) is 2.09. The lowest BCUT2D eigenvalue weighted by molar-refractivity contribution is 0.137. The van der Waals surface area contributed by atoms with Crippen LogP contribution < -0.4 is 0 Å². The lowest BCUT2D eigenvalue weighted by Gasteiger charge is -2.36. The second kappa shape index (κ2) is 9.55. The molecule has 4 unspecified atom stereocenters. The van der Waals surface area contributed by atoms with Crippen molar-refractivity contribution in [3.05, 3.63) is 0 Å². The van der Waals surface area contributed by atoms with Gasteiger partial charge in [0.15, 0.2) is 0 Å². The predicted octanol–water partition coefficient (Wildman–Crippen LogP) is 5.38. The minimum absolute atomic E-state index is 0.948. The van der Waals surface area contributed by atoms with Crippen LogP contribution in [0.5, 0.6) is 0 Å². The Kier molecular flexibility index (Phi) is 11.2. The maximum absolute atomic E-state index is 2.41. The van der Waals surface area contributed by atoms with E-state index in [1.54, 1.807) is 0 Å². The third kappa shape index (κ3) is 5.02. The number of hydrogen-bond donors (Lipinski definition) is 0. The maximum Gasteiger partial charge on any atom is -0.0389 e. The first-order chi connectivity index (χ1) is 6.63. The van der Waals surface area contributed by atoms with E-state index in [1.165, 1.54) is 12.8 Å². The highest BCUT2D eigenvalue weighted by atomic mass is 14.3. The lowest BCUT2D eigenvalue weighted by atomic mass is 9.69. The van der Waals surface area contributed by atoms with Crippen molar-refractivity contribution in [2.45, 2.75) is 68.2 Å². The molecule has 0 heterocycles. The molecule has 0 aliphatic heterocycles. The van der Waals surface area contributed by atoms with Crippen molar-refractivity contribution in [2.24, 2.45) is 23.7 Å². The molecule has 1 fully saturated rings. The monoisotopic (exact) mass is 200 g/mol. The second-order valence-electron chi connectivity index (χ2n) is 4.25. The van der Waals surface area contributed by atoms with Gasteiger partial charge in [0.05, 0.1) is 0 Å².